The van der Waals surface area contributed by atoms with Gasteiger partial charge in [0.25, 0.3) is 5.91 Å². The van der Waals surface area contributed by atoms with Crippen LogP contribution in [-0.4, -0.2) is 66.1 Å². The Morgan fingerprint density at radius 1 is 0.788 bits per heavy atom. The molecular formula is C28H36N4O. The molecule has 1 amide bonds. The van der Waals surface area contributed by atoms with Crippen LogP contribution in [0.1, 0.15) is 40.9 Å². The van der Waals surface area contributed by atoms with E-state index >= 15 is 0 Å². The molecule has 1 N–H and O–H groups in total. The van der Waals surface area contributed by atoms with Crippen molar-refractivity contribution in [1.29, 1.82) is 0 Å². The highest BCUT2D eigenvalue weighted by Gasteiger charge is 2.24. The predicted octanol–water partition coefficient (Wildman–Crippen LogP) is 3.96. The van der Waals surface area contributed by atoms with Crippen molar-refractivity contribution in [1.82, 2.24) is 19.7 Å². The van der Waals surface area contributed by atoms with Crippen molar-refractivity contribution >= 4 is 16.8 Å². The summed E-state index contributed by atoms with van der Waals surface area (Å²) in [5, 5.41) is 4.19. The summed E-state index contributed by atoms with van der Waals surface area (Å²) < 4.78 is 2.43. The summed E-state index contributed by atoms with van der Waals surface area (Å²) in [5.74, 6) is 0.0996. The van der Waals surface area contributed by atoms with Crippen LogP contribution in [0.3, 0.4) is 0 Å². The number of benzene rings is 2. The number of hydrogen-bond acceptors (Lipinski definition) is 3. The Bertz CT molecular complexity index is 1070. The lowest BCUT2D eigenvalue weighted by Gasteiger charge is -2.34. The Morgan fingerprint density at radius 2 is 1.48 bits per heavy atom. The second kappa shape index (κ2) is 10.5. The average molecular weight is 445 g/mol. The van der Waals surface area contributed by atoms with Crippen LogP contribution in [0.25, 0.3) is 10.9 Å². The fraction of sp³-hybridized carbons (Fsp3) is 0.464. The van der Waals surface area contributed by atoms with E-state index in [0.717, 1.165) is 56.3 Å². The van der Waals surface area contributed by atoms with Crippen LogP contribution in [0.4, 0.5) is 0 Å². The van der Waals surface area contributed by atoms with Crippen molar-refractivity contribution in [3.8, 4) is 0 Å². The molecule has 1 fully saturated rings. The van der Waals surface area contributed by atoms with Crippen LogP contribution in [0.2, 0.25) is 0 Å². The molecule has 3 aromatic rings. The fourth-order valence-corrected chi connectivity index (χ4v) is 5.44. The first-order valence-corrected chi connectivity index (χ1v) is 12.7. The van der Waals surface area contributed by atoms with Gasteiger partial charge >= 0.3 is 0 Å². The molecule has 5 rings (SSSR count). The number of nitrogens with zero attached hydrogens (tertiary/aromatic N) is 3. The molecule has 0 spiro atoms. The van der Waals surface area contributed by atoms with Crippen molar-refractivity contribution in [2.75, 3.05) is 45.8 Å². The zero-order chi connectivity index (χ0) is 22.5. The smallest absolute Gasteiger partial charge is 0.253 e. The highest BCUT2D eigenvalue weighted by molar-refractivity contribution is 6.08. The van der Waals surface area contributed by atoms with E-state index in [1.807, 2.05) is 6.07 Å². The van der Waals surface area contributed by atoms with Gasteiger partial charge < -0.3 is 19.7 Å². The number of aromatic nitrogens is 1. The van der Waals surface area contributed by atoms with Crippen molar-refractivity contribution < 1.29 is 4.79 Å². The molecule has 0 atom stereocenters. The number of piperazine rings is 1. The second-order valence-electron chi connectivity index (χ2n) is 9.48. The first-order valence-electron chi connectivity index (χ1n) is 12.7. The Labute approximate surface area is 197 Å². The van der Waals surface area contributed by atoms with Crippen LogP contribution in [-0.2, 0) is 19.4 Å². The number of aryl methyl sites for hydroxylation is 1. The zero-order valence-corrected chi connectivity index (χ0v) is 19.6. The van der Waals surface area contributed by atoms with Gasteiger partial charge in [-0.25, -0.2) is 0 Å². The number of nitrogens with one attached hydrogen (secondary N) is 1. The summed E-state index contributed by atoms with van der Waals surface area (Å²) in [6.45, 7) is 8.83. The van der Waals surface area contributed by atoms with E-state index in [9.17, 15) is 4.79 Å². The number of rotatable bonds is 8. The van der Waals surface area contributed by atoms with Gasteiger partial charge in [0.2, 0.25) is 0 Å². The topological polar surface area (TPSA) is 40.5 Å². The molecule has 5 heteroatoms. The van der Waals surface area contributed by atoms with Gasteiger partial charge in [-0.2, -0.15) is 0 Å². The Balaban J connectivity index is 1.11. The highest BCUT2D eigenvalue weighted by atomic mass is 16.1. The van der Waals surface area contributed by atoms with E-state index in [2.05, 4.69) is 68.2 Å². The maximum absolute atomic E-state index is 12.7. The largest absolute Gasteiger partial charge is 0.352 e. The van der Waals surface area contributed by atoms with E-state index in [0.29, 0.717) is 0 Å². The number of carbonyl (C=O) groups is 1. The SMILES string of the molecule is O=C1NCCCc2c1c1ccccc1n2CCCCN1CCN(CCc2ccccc2)CC1. The molecule has 174 valence electrons. The minimum atomic E-state index is 0.0996. The molecule has 2 aliphatic heterocycles. The van der Waals surface area contributed by atoms with Crippen LogP contribution in [0, 0.1) is 0 Å². The summed E-state index contributed by atoms with van der Waals surface area (Å²) in [5.41, 5.74) is 4.80. The summed E-state index contributed by atoms with van der Waals surface area (Å²) in [6, 6.07) is 19.2. The standard InChI is InChI=1S/C28H36N4O/c33-28-27-24-11-4-5-12-25(24)32(26(27)13-8-15-29-28)17-7-6-16-30-19-21-31(22-20-30)18-14-23-9-2-1-3-10-23/h1-5,9-12H,6-8,13-22H2,(H,29,33). The number of fused-ring (bicyclic) bond motifs is 3. The van der Waals surface area contributed by atoms with E-state index < -0.39 is 0 Å². The summed E-state index contributed by atoms with van der Waals surface area (Å²) in [4.78, 5) is 17.9. The van der Waals surface area contributed by atoms with Gasteiger partial charge in [0.1, 0.15) is 0 Å². The first kappa shape index (κ1) is 22.2. The lowest BCUT2D eigenvalue weighted by Crippen LogP contribution is -2.47. The van der Waals surface area contributed by atoms with E-state index in [-0.39, 0.29) is 5.91 Å². The summed E-state index contributed by atoms with van der Waals surface area (Å²) >= 11 is 0. The fourth-order valence-electron chi connectivity index (χ4n) is 5.44. The molecule has 1 saturated heterocycles. The number of unbranched alkanes of at least 4 members (excludes halogenated alkanes) is 1. The van der Waals surface area contributed by atoms with Gasteiger partial charge in [-0.05, 0) is 50.3 Å². The number of amides is 1. The van der Waals surface area contributed by atoms with Gasteiger partial charge in [-0.1, -0.05) is 48.5 Å². The van der Waals surface area contributed by atoms with E-state index in [4.69, 9.17) is 0 Å². The van der Waals surface area contributed by atoms with Crippen molar-refractivity contribution in [2.45, 2.75) is 38.6 Å². The predicted molar refractivity (Wildman–Crippen MR) is 135 cm³/mol. The number of para-hydroxylation sites is 1. The molecule has 0 aliphatic carbocycles. The van der Waals surface area contributed by atoms with E-state index in [1.54, 1.807) is 0 Å². The maximum Gasteiger partial charge on any atom is 0.253 e. The lowest BCUT2D eigenvalue weighted by atomic mass is 10.1. The molecule has 5 nitrogen and oxygen atoms in total. The van der Waals surface area contributed by atoms with Crippen molar-refractivity contribution in [3.63, 3.8) is 0 Å². The molecule has 0 bridgehead atoms. The Kier molecular flexibility index (Phi) is 7.08. The molecule has 0 radical (unpaired) electrons. The Hall–Kier alpha value is -2.63. The van der Waals surface area contributed by atoms with Crippen molar-refractivity contribution in [3.05, 3.63) is 71.4 Å². The average Bonchev–Trinajstić information content (AvgIpc) is 3.04. The van der Waals surface area contributed by atoms with Crippen molar-refractivity contribution in [2.24, 2.45) is 0 Å². The first-order chi connectivity index (χ1) is 16.3. The summed E-state index contributed by atoms with van der Waals surface area (Å²) in [7, 11) is 0. The van der Waals surface area contributed by atoms with Crippen LogP contribution in [0.15, 0.2) is 54.6 Å². The third kappa shape index (κ3) is 5.15. The maximum atomic E-state index is 12.7. The molecule has 3 heterocycles. The molecular weight excluding hydrogens is 408 g/mol. The second-order valence-corrected chi connectivity index (χ2v) is 9.48. The van der Waals surface area contributed by atoms with Crippen LogP contribution < -0.4 is 5.32 Å². The number of carbonyl (C=O) groups excluding carboxylic acids is 1. The number of hydrogen-bond donors (Lipinski definition) is 1. The quantitative estimate of drug-likeness (QED) is 0.535. The molecule has 2 aromatic carbocycles. The third-order valence-electron chi connectivity index (χ3n) is 7.31. The molecule has 1 aromatic heterocycles. The molecule has 33 heavy (non-hydrogen) atoms. The van der Waals surface area contributed by atoms with Gasteiger partial charge in [0, 0.05) is 62.4 Å². The van der Waals surface area contributed by atoms with Crippen LogP contribution in [0.5, 0.6) is 0 Å². The molecule has 0 saturated carbocycles. The highest BCUT2D eigenvalue weighted by Crippen LogP contribution is 2.29. The lowest BCUT2D eigenvalue weighted by molar-refractivity contribution is 0.0957. The van der Waals surface area contributed by atoms with E-state index in [1.165, 1.54) is 55.9 Å². The zero-order valence-electron chi connectivity index (χ0n) is 19.6. The Morgan fingerprint density at radius 3 is 2.30 bits per heavy atom. The molecule has 2 aliphatic rings. The summed E-state index contributed by atoms with van der Waals surface area (Å²) in [6.07, 6.45) is 5.50. The molecule has 0 unspecified atom stereocenters. The minimum absolute atomic E-state index is 0.0996. The van der Waals surface area contributed by atoms with Crippen LogP contribution >= 0.6 is 0 Å². The van der Waals surface area contributed by atoms with Gasteiger partial charge in [0.15, 0.2) is 0 Å². The monoisotopic (exact) mass is 444 g/mol. The third-order valence-corrected chi connectivity index (χ3v) is 7.31. The normalized spacial score (nSPS) is 17.6. The van der Waals surface area contributed by atoms with Gasteiger partial charge in [-0.15, -0.1) is 0 Å². The van der Waals surface area contributed by atoms with Gasteiger partial charge in [-0.3, -0.25) is 4.79 Å². The van der Waals surface area contributed by atoms with Gasteiger partial charge in [0.05, 0.1) is 5.56 Å². The minimum Gasteiger partial charge on any atom is -0.352 e.